The molecular formula is C21H18BrN5O5. The molecule has 0 saturated heterocycles. The van der Waals surface area contributed by atoms with E-state index in [0.717, 1.165) is 5.56 Å². The average molecular weight is 500 g/mol. The summed E-state index contributed by atoms with van der Waals surface area (Å²) in [5, 5.41) is 18.9. The first kappa shape index (κ1) is 22.8. The molecule has 164 valence electrons. The maximum absolute atomic E-state index is 12.0. The molecule has 2 aromatic carbocycles. The Balaban J connectivity index is 1.55. The van der Waals surface area contributed by atoms with Crippen LogP contribution < -0.4 is 15.6 Å². The van der Waals surface area contributed by atoms with E-state index in [0.29, 0.717) is 32.8 Å². The predicted molar refractivity (Wildman–Crippen MR) is 122 cm³/mol. The first-order chi connectivity index (χ1) is 15.2. The van der Waals surface area contributed by atoms with Gasteiger partial charge in [0.2, 0.25) is 0 Å². The van der Waals surface area contributed by atoms with E-state index < -0.39 is 10.8 Å². The van der Waals surface area contributed by atoms with Crippen LogP contribution in [-0.2, 0) is 9.59 Å². The highest BCUT2D eigenvalue weighted by Gasteiger charge is 2.18. The van der Waals surface area contributed by atoms with E-state index in [4.69, 9.17) is 4.74 Å². The highest BCUT2D eigenvalue weighted by atomic mass is 79.9. The molecule has 0 saturated carbocycles. The number of carbonyl (C=O) groups excluding carboxylic acids is 2. The molecule has 1 aliphatic heterocycles. The van der Waals surface area contributed by atoms with Gasteiger partial charge in [-0.3, -0.25) is 19.7 Å². The van der Waals surface area contributed by atoms with Crippen molar-refractivity contribution >= 4 is 50.9 Å². The van der Waals surface area contributed by atoms with Crippen molar-refractivity contribution in [3.05, 3.63) is 73.8 Å². The van der Waals surface area contributed by atoms with Crippen molar-refractivity contribution in [2.24, 2.45) is 10.2 Å². The van der Waals surface area contributed by atoms with E-state index >= 15 is 0 Å². The Hall–Kier alpha value is -3.86. The Morgan fingerprint density at radius 2 is 2.03 bits per heavy atom. The van der Waals surface area contributed by atoms with E-state index in [9.17, 15) is 19.7 Å². The van der Waals surface area contributed by atoms with E-state index in [1.165, 1.54) is 6.07 Å². The number of benzene rings is 2. The van der Waals surface area contributed by atoms with Gasteiger partial charge >= 0.3 is 0 Å². The summed E-state index contributed by atoms with van der Waals surface area (Å²) in [6.07, 6.45) is 1.71. The summed E-state index contributed by atoms with van der Waals surface area (Å²) in [5.74, 6) is -0.280. The molecule has 2 aromatic rings. The van der Waals surface area contributed by atoms with E-state index in [1.807, 2.05) is 0 Å². The third kappa shape index (κ3) is 5.64. The molecule has 2 amide bonds. The molecule has 0 radical (unpaired) electrons. The first-order valence-corrected chi connectivity index (χ1v) is 10.1. The number of hydrogen-bond acceptors (Lipinski definition) is 7. The minimum atomic E-state index is -0.508. The first-order valence-electron chi connectivity index (χ1n) is 9.31. The zero-order valence-electron chi connectivity index (χ0n) is 17.1. The number of nitro benzene ring substituents is 1. The fraction of sp³-hybridized carbons (Fsp3) is 0.143. The lowest BCUT2D eigenvalue weighted by molar-refractivity contribution is -0.385. The molecule has 0 bridgehead atoms. The summed E-state index contributed by atoms with van der Waals surface area (Å²) in [7, 11) is 0. The predicted octanol–water partition coefficient (Wildman–Crippen LogP) is 3.17. The molecule has 0 atom stereocenters. The molecule has 0 fully saturated rings. The van der Waals surface area contributed by atoms with E-state index in [-0.39, 0.29) is 18.2 Å². The number of nitro groups is 1. The Labute approximate surface area is 191 Å². The van der Waals surface area contributed by atoms with Crippen molar-refractivity contribution in [3.8, 4) is 5.75 Å². The highest BCUT2D eigenvalue weighted by molar-refractivity contribution is 9.10. The van der Waals surface area contributed by atoms with E-state index in [1.54, 1.807) is 56.3 Å². The fourth-order valence-electron chi connectivity index (χ4n) is 2.69. The lowest BCUT2D eigenvalue weighted by Gasteiger charge is -2.07. The standard InChI is InChI=1S/C21H18BrN5O5/c1-12(15-5-8-18(22)19(10-15)27(30)31)23-25-20(28)11-32-16-6-3-14(4-7-16)9-17-13(2)24-26-21(17)29/h3-10H,11H2,1-2H3,(H,25,28)(H,26,29)/b17-9-,23-12+. The van der Waals surface area contributed by atoms with Crippen LogP contribution in [0.5, 0.6) is 5.75 Å². The molecule has 1 aliphatic rings. The summed E-state index contributed by atoms with van der Waals surface area (Å²) in [4.78, 5) is 34.2. The van der Waals surface area contributed by atoms with Crippen LogP contribution >= 0.6 is 15.9 Å². The number of amides is 2. The van der Waals surface area contributed by atoms with Gasteiger partial charge in [0.15, 0.2) is 6.61 Å². The van der Waals surface area contributed by atoms with Gasteiger partial charge in [0.1, 0.15) is 5.75 Å². The smallest absolute Gasteiger partial charge is 0.284 e. The summed E-state index contributed by atoms with van der Waals surface area (Å²) in [5.41, 5.74) is 7.45. The zero-order valence-corrected chi connectivity index (χ0v) is 18.7. The van der Waals surface area contributed by atoms with Crippen molar-refractivity contribution < 1.29 is 19.2 Å². The van der Waals surface area contributed by atoms with Gasteiger partial charge in [0, 0.05) is 11.6 Å². The third-order valence-electron chi connectivity index (χ3n) is 4.43. The largest absolute Gasteiger partial charge is 0.484 e. The Kier molecular flexibility index (Phi) is 7.11. The number of ether oxygens (including phenoxy) is 1. The van der Waals surface area contributed by atoms with Crippen molar-refractivity contribution in [2.45, 2.75) is 13.8 Å². The van der Waals surface area contributed by atoms with Crippen molar-refractivity contribution in [2.75, 3.05) is 6.61 Å². The van der Waals surface area contributed by atoms with Crippen LogP contribution in [-0.4, -0.2) is 34.8 Å². The zero-order chi connectivity index (χ0) is 23.3. The number of rotatable bonds is 7. The summed E-state index contributed by atoms with van der Waals surface area (Å²) in [6, 6.07) is 11.4. The van der Waals surface area contributed by atoms with Gasteiger partial charge in [-0.1, -0.05) is 18.2 Å². The second-order valence-corrected chi connectivity index (χ2v) is 7.56. The molecule has 11 heteroatoms. The topological polar surface area (TPSA) is 135 Å². The van der Waals surface area contributed by atoms with Gasteiger partial charge in [-0.25, -0.2) is 10.9 Å². The maximum atomic E-state index is 12.0. The minimum Gasteiger partial charge on any atom is -0.484 e. The molecule has 32 heavy (non-hydrogen) atoms. The van der Waals surface area contributed by atoms with Crippen LogP contribution in [0.15, 0.2) is 62.7 Å². The van der Waals surface area contributed by atoms with Gasteiger partial charge in [0.05, 0.1) is 26.4 Å². The molecule has 2 N–H and O–H groups in total. The molecule has 1 heterocycles. The molecule has 0 unspecified atom stereocenters. The Morgan fingerprint density at radius 1 is 1.31 bits per heavy atom. The summed E-state index contributed by atoms with van der Waals surface area (Å²) in [6.45, 7) is 3.09. The van der Waals surface area contributed by atoms with Crippen LogP contribution in [0.4, 0.5) is 5.69 Å². The number of hydrazone groups is 2. The van der Waals surface area contributed by atoms with Crippen molar-refractivity contribution in [1.82, 2.24) is 10.9 Å². The van der Waals surface area contributed by atoms with E-state index in [2.05, 4.69) is 37.0 Å². The second-order valence-electron chi connectivity index (χ2n) is 6.71. The van der Waals surface area contributed by atoms with Gasteiger partial charge in [-0.15, -0.1) is 0 Å². The summed E-state index contributed by atoms with van der Waals surface area (Å²) < 4.78 is 5.79. The van der Waals surface area contributed by atoms with Crippen molar-refractivity contribution in [1.29, 1.82) is 0 Å². The quantitative estimate of drug-likeness (QED) is 0.261. The number of hydrogen-bond donors (Lipinski definition) is 2. The third-order valence-corrected chi connectivity index (χ3v) is 5.10. The number of nitrogens with zero attached hydrogens (tertiary/aromatic N) is 3. The number of nitrogens with one attached hydrogen (secondary N) is 2. The molecule has 10 nitrogen and oxygen atoms in total. The normalized spacial score (nSPS) is 14.7. The second kappa shape index (κ2) is 9.96. The molecular weight excluding hydrogens is 482 g/mol. The Morgan fingerprint density at radius 3 is 2.66 bits per heavy atom. The summed E-state index contributed by atoms with van der Waals surface area (Å²) >= 11 is 3.12. The van der Waals surface area contributed by atoms with Gasteiger partial charge < -0.3 is 4.74 Å². The Bertz CT molecular complexity index is 1170. The lowest BCUT2D eigenvalue weighted by Crippen LogP contribution is -2.25. The SMILES string of the molecule is CC1=NNC(=O)/C1=C\c1ccc(OCC(=O)N/N=C(\C)c2ccc(Br)c([N+](=O)[O-])c2)cc1. The van der Waals surface area contributed by atoms with Gasteiger partial charge in [-0.2, -0.15) is 10.2 Å². The number of halogens is 1. The maximum Gasteiger partial charge on any atom is 0.284 e. The molecule has 3 rings (SSSR count). The van der Waals surface area contributed by atoms with Gasteiger partial charge in [0.25, 0.3) is 17.5 Å². The average Bonchev–Trinajstić information content (AvgIpc) is 3.09. The lowest BCUT2D eigenvalue weighted by atomic mass is 10.1. The number of carbonyl (C=O) groups is 2. The highest BCUT2D eigenvalue weighted by Crippen LogP contribution is 2.25. The van der Waals surface area contributed by atoms with Gasteiger partial charge in [-0.05, 0) is 59.6 Å². The molecule has 0 aliphatic carbocycles. The van der Waals surface area contributed by atoms with Crippen LogP contribution in [0.25, 0.3) is 6.08 Å². The fourth-order valence-corrected chi connectivity index (χ4v) is 3.08. The monoisotopic (exact) mass is 499 g/mol. The van der Waals surface area contributed by atoms with Crippen LogP contribution in [0.2, 0.25) is 0 Å². The minimum absolute atomic E-state index is 0.0955. The van der Waals surface area contributed by atoms with Crippen LogP contribution in [0.1, 0.15) is 25.0 Å². The van der Waals surface area contributed by atoms with Crippen molar-refractivity contribution in [3.63, 3.8) is 0 Å². The molecule has 0 spiro atoms. The van der Waals surface area contributed by atoms with Crippen LogP contribution in [0.3, 0.4) is 0 Å². The molecule has 0 aromatic heterocycles. The van der Waals surface area contributed by atoms with Crippen LogP contribution in [0, 0.1) is 10.1 Å².